The summed E-state index contributed by atoms with van der Waals surface area (Å²) in [5, 5.41) is 1.20. The second-order valence-electron chi connectivity index (χ2n) is 3.42. The van der Waals surface area contributed by atoms with Crippen molar-refractivity contribution >= 4 is 23.1 Å². The molecule has 0 spiro atoms. The summed E-state index contributed by atoms with van der Waals surface area (Å²) in [5.41, 5.74) is 2.17. The Morgan fingerprint density at radius 3 is 2.86 bits per heavy atom. The number of fused-ring (bicyclic) bond motifs is 3. The van der Waals surface area contributed by atoms with Gasteiger partial charge in [0.25, 0.3) is 0 Å². The molecule has 2 aromatic rings. The van der Waals surface area contributed by atoms with Gasteiger partial charge in [-0.1, -0.05) is 36.4 Å². The molecule has 1 nitrogen and oxygen atoms in total. The van der Waals surface area contributed by atoms with E-state index in [9.17, 15) is 0 Å². The molecule has 1 aromatic carbocycles. The third kappa shape index (κ3) is 1.02. The summed E-state index contributed by atoms with van der Waals surface area (Å²) in [6.07, 6.45) is 9.45. The molecule has 3 rings (SSSR count). The van der Waals surface area contributed by atoms with Crippen molar-refractivity contribution in [1.82, 2.24) is 0 Å². The Labute approximate surface area is 82.3 Å². The molecular formula is C13H10O. The van der Waals surface area contributed by atoms with Gasteiger partial charge >= 0.3 is 0 Å². The molecule has 0 radical (unpaired) electrons. The van der Waals surface area contributed by atoms with Crippen LogP contribution in [0.2, 0.25) is 0 Å². The normalized spacial score (nSPS) is 14.3. The van der Waals surface area contributed by atoms with Crippen molar-refractivity contribution in [2.24, 2.45) is 0 Å². The van der Waals surface area contributed by atoms with Crippen LogP contribution < -0.4 is 0 Å². The van der Waals surface area contributed by atoms with Crippen LogP contribution in [0.25, 0.3) is 23.1 Å². The fourth-order valence-electron chi connectivity index (χ4n) is 1.82. The van der Waals surface area contributed by atoms with Gasteiger partial charge in [-0.05, 0) is 18.6 Å². The molecule has 0 unspecified atom stereocenters. The Kier molecular flexibility index (Phi) is 1.57. The largest absolute Gasteiger partial charge is 0.456 e. The van der Waals surface area contributed by atoms with Crippen LogP contribution in [-0.2, 0) is 0 Å². The molecule has 0 saturated carbocycles. The summed E-state index contributed by atoms with van der Waals surface area (Å²) in [6.45, 7) is 0. The molecule has 0 amide bonds. The minimum Gasteiger partial charge on any atom is -0.456 e. The molecule has 1 heteroatoms. The molecule has 68 valence electrons. The maximum Gasteiger partial charge on any atom is 0.135 e. The first-order chi connectivity index (χ1) is 6.95. The van der Waals surface area contributed by atoms with Gasteiger partial charge < -0.3 is 4.42 Å². The number of rotatable bonds is 0. The lowest BCUT2D eigenvalue weighted by Gasteiger charge is -1.88. The van der Waals surface area contributed by atoms with E-state index in [0.717, 1.165) is 17.8 Å². The van der Waals surface area contributed by atoms with Crippen molar-refractivity contribution in [2.45, 2.75) is 6.42 Å². The van der Waals surface area contributed by atoms with E-state index in [1.807, 2.05) is 18.2 Å². The average molecular weight is 182 g/mol. The SMILES string of the molecule is C1=Cc2oc3ccccc3c2C=CC1. The summed E-state index contributed by atoms with van der Waals surface area (Å²) in [5.74, 6) is 0.972. The Hall–Kier alpha value is -1.76. The lowest BCUT2D eigenvalue weighted by Crippen LogP contribution is -1.70. The van der Waals surface area contributed by atoms with E-state index >= 15 is 0 Å². The lowest BCUT2D eigenvalue weighted by molar-refractivity contribution is 0.603. The first kappa shape index (κ1) is 7.63. The van der Waals surface area contributed by atoms with Gasteiger partial charge in [-0.15, -0.1) is 0 Å². The van der Waals surface area contributed by atoms with Gasteiger partial charge in [0.1, 0.15) is 11.3 Å². The fourth-order valence-corrected chi connectivity index (χ4v) is 1.82. The van der Waals surface area contributed by atoms with Gasteiger partial charge in [0.15, 0.2) is 0 Å². The molecule has 1 aliphatic rings. The topological polar surface area (TPSA) is 13.1 Å². The Balaban J connectivity index is 2.41. The highest BCUT2D eigenvalue weighted by Gasteiger charge is 2.09. The first-order valence-corrected chi connectivity index (χ1v) is 4.80. The molecule has 1 aliphatic carbocycles. The summed E-state index contributed by atoms with van der Waals surface area (Å²) in [7, 11) is 0. The van der Waals surface area contributed by atoms with Gasteiger partial charge in [0, 0.05) is 10.9 Å². The van der Waals surface area contributed by atoms with E-state index in [1.165, 1.54) is 10.9 Å². The lowest BCUT2D eigenvalue weighted by atomic mass is 10.1. The third-order valence-electron chi connectivity index (χ3n) is 2.49. The minimum atomic E-state index is 0.966. The standard InChI is InChI=1S/C13H10O/c1-2-6-10-11-7-4-5-9-13(11)14-12(10)8-3-1/h2-9H,1H2. The maximum absolute atomic E-state index is 5.73. The minimum absolute atomic E-state index is 0.966. The molecule has 0 bridgehead atoms. The molecule has 0 saturated heterocycles. The molecule has 0 N–H and O–H groups in total. The van der Waals surface area contributed by atoms with Gasteiger partial charge in [-0.3, -0.25) is 0 Å². The van der Waals surface area contributed by atoms with E-state index < -0.39 is 0 Å². The van der Waals surface area contributed by atoms with Gasteiger partial charge in [0.2, 0.25) is 0 Å². The molecule has 0 fully saturated rings. The van der Waals surface area contributed by atoms with Crippen molar-refractivity contribution in [3.63, 3.8) is 0 Å². The Morgan fingerprint density at radius 2 is 1.86 bits per heavy atom. The first-order valence-electron chi connectivity index (χ1n) is 4.80. The summed E-state index contributed by atoms with van der Waals surface area (Å²) in [6, 6.07) is 8.14. The Morgan fingerprint density at radius 1 is 1.00 bits per heavy atom. The quantitative estimate of drug-likeness (QED) is 0.603. The summed E-state index contributed by atoms with van der Waals surface area (Å²) >= 11 is 0. The third-order valence-corrected chi connectivity index (χ3v) is 2.49. The van der Waals surface area contributed by atoms with Crippen LogP contribution in [0.3, 0.4) is 0 Å². The van der Waals surface area contributed by atoms with E-state index in [2.05, 4.69) is 30.4 Å². The van der Waals surface area contributed by atoms with Crippen LogP contribution in [0.1, 0.15) is 17.7 Å². The zero-order valence-corrected chi connectivity index (χ0v) is 7.73. The summed E-state index contributed by atoms with van der Waals surface area (Å²) < 4.78 is 5.73. The number of furan rings is 1. The van der Waals surface area contributed by atoms with Crippen molar-refractivity contribution in [3.8, 4) is 0 Å². The van der Waals surface area contributed by atoms with Crippen molar-refractivity contribution in [2.75, 3.05) is 0 Å². The van der Waals surface area contributed by atoms with Gasteiger partial charge in [-0.25, -0.2) is 0 Å². The van der Waals surface area contributed by atoms with Crippen LogP contribution in [0.5, 0.6) is 0 Å². The fraction of sp³-hybridized carbons (Fsp3) is 0.0769. The zero-order valence-electron chi connectivity index (χ0n) is 7.73. The van der Waals surface area contributed by atoms with Crippen LogP contribution >= 0.6 is 0 Å². The maximum atomic E-state index is 5.73. The second kappa shape index (κ2) is 2.88. The highest BCUT2D eigenvalue weighted by atomic mass is 16.3. The second-order valence-corrected chi connectivity index (χ2v) is 3.42. The Bertz CT molecular complexity index is 529. The number of hydrogen-bond acceptors (Lipinski definition) is 1. The number of para-hydroxylation sites is 1. The average Bonchev–Trinajstić information content (AvgIpc) is 2.42. The van der Waals surface area contributed by atoms with E-state index in [0.29, 0.717) is 0 Å². The van der Waals surface area contributed by atoms with Crippen LogP contribution in [0.15, 0.2) is 40.8 Å². The molecule has 0 atom stereocenters. The van der Waals surface area contributed by atoms with E-state index in [-0.39, 0.29) is 0 Å². The number of hydrogen-bond donors (Lipinski definition) is 0. The van der Waals surface area contributed by atoms with Crippen LogP contribution in [0, 0.1) is 0 Å². The molecule has 14 heavy (non-hydrogen) atoms. The van der Waals surface area contributed by atoms with Crippen LogP contribution in [0.4, 0.5) is 0 Å². The highest BCUT2D eigenvalue weighted by Crippen LogP contribution is 2.29. The monoisotopic (exact) mass is 182 g/mol. The van der Waals surface area contributed by atoms with Gasteiger partial charge in [-0.2, -0.15) is 0 Å². The van der Waals surface area contributed by atoms with Crippen molar-refractivity contribution < 1.29 is 4.42 Å². The smallest absolute Gasteiger partial charge is 0.135 e. The van der Waals surface area contributed by atoms with Crippen molar-refractivity contribution in [3.05, 3.63) is 47.7 Å². The van der Waals surface area contributed by atoms with Crippen molar-refractivity contribution in [1.29, 1.82) is 0 Å². The molecule has 1 heterocycles. The predicted octanol–water partition coefficient (Wildman–Crippen LogP) is 3.86. The molecule has 0 aliphatic heterocycles. The molecular weight excluding hydrogens is 172 g/mol. The van der Waals surface area contributed by atoms with Gasteiger partial charge in [0.05, 0.1) is 0 Å². The zero-order chi connectivity index (χ0) is 9.38. The molecule has 1 aromatic heterocycles. The predicted molar refractivity (Wildman–Crippen MR) is 58.9 cm³/mol. The summed E-state index contributed by atoms with van der Waals surface area (Å²) in [4.78, 5) is 0. The van der Waals surface area contributed by atoms with E-state index in [1.54, 1.807) is 0 Å². The highest BCUT2D eigenvalue weighted by molar-refractivity contribution is 5.91. The van der Waals surface area contributed by atoms with E-state index in [4.69, 9.17) is 4.42 Å². The number of benzene rings is 1. The van der Waals surface area contributed by atoms with Crippen LogP contribution in [-0.4, -0.2) is 0 Å². The number of allylic oxidation sites excluding steroid dienone is 2.